The Balaban J connectivity index is 2.37. The molecule has 0 aliphatic carbocycles. The molecule has 17 heavy (non-hydrogen) atoms. The van der Waals surface area contributed by atoms with Crippen molar-refractivity contribution in [1.29, 1.82) is 0 Å². The third-order valence-electron chi connectivity index (χ3n) is 1.86. The van der Waals surface area contributed by atoms with Crippen molar-refractivity contribution in [3.8, 4) is 0 Å². The number of urea groups is 1. The van der Waals surface area contributed by atoms with E-state index in [2.05, 4.69) is 15.6 Å². The van der Waals surface area contributed by atoms with Crippen LogP contribution in [0.5, 0.6) is 0 Å². The minimum atomic E-state index is -1.33. The first-order valence-corrected chi connectivity index (χ1v) is 4.82. The number of nitrogens with zero attached hydrogens (tertiary/aromatic N) is 1. The molecular formula is C9H13N3O5. The molecule has 0 aliphatic heterocycles. The van der Waals surface area contributed by atoms with E-state index in [9.17, 15) is 9.59 Å². The van der Waals surface area contributed by atoms with E-state index in [1.54, 1.807) is 6.92 Å². The molecule has 1 atom stereocenters. The first-order valence-electron chi connectivity index (χ1n) is 4.82. The van der Waals surface area contributed by atoms with Crippen molar-refractivity contribution in [2.24, 2.45) is 0 Å². The number of aryl methyl sites for hydroxylation is 1. The van der Waals surface area contributed by atoms with Crippen LogP contribution in [0.1, 0.15) is 11.7 Å². The molecule has 1 aromatic heterocycles. The molecule has 0 radical (unpaired) electrons. The SMILES string of the molecule is Cc1cnc(CNC(=O)NC(CO)C(=O)O)o1. The molecule has 0 spiro atoms. The van der Waals surface area contributed by atoms with Gasteiger partial charge in [0.1, 0.15) is 5.76 Å². The predicted octanol–water partition coefficient (Wildman–Crippen LogP) is -0.772. The van der Waals surface area contributed by atoms with Crippen molar-refractivity contribution < 1.29 is 24.2 Å². The van der Waals surface area contributed by atoms with E-state index in [4.69, 9.17) is 14.6 Å². The standard InChI is InChI=1S/C9H13N3O5/c1-5-2-10-7(17-5)3-11-9(16)12-6(4-13)8(14)15/h2,6,13H,3-4H2,1H3,(H,14,15)(H2,11,12,16). The maximum Gasteiger partial charge on any atom is 0.328 e. The molecule has 0 aliphatic rings. The first-order chi connectivity index (χ1) is 8.02. The van der Waals surface area contributed by atoms with Crippen LogP contribution in [-0.4, -0.2) is 39.8 Å². The highest BCUT2D eigenvalue weighted by Gasteiger charge is 2.18. The summed E-state index contributed by atoms with van der Waals surface area (Å²) in [6.07, 6.45) is 1.50. The summed E-state index contributed by atoms with van der Waals surface area (Å²) >= 11 is 0. The maximum atomic E-state index is 11.2. The number of carbonyl (C=O) groups excluding carboxylic acids is 1. The van der Waals surface area contributed by atoms with Gasteiger partial charge in [-0.25, -0.2) is 14.6 Å². The van der Waals surface area contributed by atoms with Crippen molar-refractivity contribution in [2.45, 2.75) is 19.5 Å². The fourth-order valence-electron chi connectivity index (χ4n) is 1.03. The van der Waals surface area contributed by atoms with Gasteiger partial charge < -0.3 is 25.3 Å². The van der Waals surface area contributed by atoms with Crippen LogP contribution in [0.2, 0.25) is 0 Å². The summed E-state index contributed by atoms with van der Waals surface area (Å²) < 4.78 is 5.09. The smallest absolute Gasteiger partial charge is 0.328 e. The summed E-state index contributed by atoms with van der Waals surface area (Å²) in [7, 11) is 0. The molecule has 0 bridgehead atoms. The van der Waals surface area contributed by atoms with Gasteiger partial charge >= 0.3 is 12.0 Å². The summed E-state index contributed by atoms with van der Waals surface area (Å²) in [5.74, 6) is -0.385. The quantitative estimate of drug-likeness (QED) is 0.538. The van der Waals surface area contributed by atoms with Crippen LogP contribution < -0.4 is 10.6 Å². The van der Waals surface area contributed by atoms with Gasteiger partial charge in [0.05, 0.1) is 19.3 Å². The fourth-order valence-corrected chi connectivity index (χ4v) is 1.03. The number of aliphatic carboxylic acids is 1. The number of aromatic nitrogens is 1. The number of hydrogen-bond acceptors (Lipinski definition) is 5. The lowest BCUT2D eigenvalue weighted by Gasteiger charge is -2.11. The number of oxazole rings is 1. The lowest BCUT2D eigenvalue weighted by Crippen LogP contribution is -2.47. The monoisotopic (exact) mass is 243 g/mol. The fraction of sp³-hybridized carbons (Fsp3) is 0.444. The molecule has 2 amide bonds. The summed E-state index contributed by atoms with van der Waals surface area (Å²) in [4.78, 5) is 25.6. The van der Waals surface area contributed by atoms with E-state index in [1.807, 2.05) is 0 Å². The van der Waals surface area contributed by atoms with Crippen LogP contribution in [0.4, 0.5) is 4.79 Å². The van der Waals surface area contributed by atoms with E-state index in [-0.39, 0.29) is 6.54 Å². The number of carboxylic acids is 1. The Bertz CT molecular complexity index is 403. The predicted molar refractivity (Wildman–Crippen MR) is 55.1 cm³/mol. The zero-order valence-electron chi connectivity index (χ0n) is 9.14. The van der Waals surface area contributed by atoms with Gasteiger partial charge in [-0.3, -0.25) is 0 Å². The van der Waals surface area contributed by atoms with Crippen LogP contribution in [-0.2, 0) is 11.3 Å². The Morgan fingerprint density at radius 3 is 2.76 bits per heavy atom. The summed E-state index contributed by atoms with van der Waals surface area (Å²) in [5, 5.41) is 21.7. The number of nitrogens with one attached hydrogen (secondary N) is 2. The molecular weight excluding hydrogens is 230 g/mol. The van der Waals surface area contributed by atoms with Crippen molar-refractivity contribution in [3.05, 3.63) is 17.8 Å². The van der Waals surface area contributed by atoms with E-state index in [0.29, 0.717) is 11.7 Å². The number of aliphatic hydroxyl groups excluding tert-OH is 1. The summed E-state index contributed by atoms with van der Waals surface area (Å²) in [6, 6.07) is -2.05. The van der Waals surface area contributed by atoms with E-state index in [1.165, 1.54) is 6.20 Å². The first kappa shape index (κ1) is 13.0. The van der Waals surface area contributed by atoms with Crippen molar-refractivity contribution in [1.82, 2.24) is 15.6 Å². The molecule has 0 fully saturated rings. The lowest BCUT2D eigenvalue weighted by atomic mass is 10.3. The number of carbonyl (C=O) groups is 2. The van der Waals surface area contributed by atoms with Gasteiger partial charge in [0.15, 0.2) is 6.04 Å². The highest BCUT2D eigenvalue weighted by molar-refractivity contribution is 5.82. The van der Waals surface area contributed by atoms with Crippen LogP contribution in [0.25, 0.3) is 0 Å². The van der Waals surface area contributed by atoms with Gasteiger partial charge in [-0.05, 0) is 6.92 Å². The Kier molecular flexibility index (Phi) is 4.46. The molecule has 1 rings (SSSR count). The third kappa shape index (κ3) is 4.11. The number of carboxylic acid groups (broad SMARTS) is 1. The average molecular weight is 243 g/mol. The molecule has 1 unspecified atom stereocenters. The van der Waals surface area contributed by atoms with Gasteiger partial charge in [-0.15, -0.1) is 0 Å². The van der Waals surface area contributed by atoms with E-state index >= 15 is 0 Å². The second-order valence-corrected chi connectivity index (χ2v) is 3.27. The highest BCUT2D eigenvalue weighted by Crippen LogP contribution is 2.00. The Hall–Kier alpha value is -2.09. The highest BCUT2D eigenvalue weighted by atomic mass is 16.4. The van der Waals surface area contributed by atoms with E-state index < -0.39 is 24.6 Å². The van der Waals surface area contributed by atoms with Gasteiger partial charge in [0.2, 0.25) is 5.89 Å². The second kappa shape index (κ2) is 5.85. The summed E-state index contributed by atoms with van der Waals surface area (Å²) in [5.41, 5.74) is 0. The minimum absolute atomic E-state index is 0.0391. The Morgan fingerprint density at radius 2 is 2.29 bits per heavy atom. The largest absolute Gasteiger partial charge is 0.480 e. The number of aliphatic hydroxyl groups is 1. The summed E-state index contributed by atoms with van der Waals surface area (Å²) in [6.45, 7) is 1.07. The zero-order chi connectivity index (χ0) is 12.8. The van der Waals surface area contributed by atoms with Crippen LogP contribution in [0, 0.1) is 6.92 Å². The molecule has 0 saturated carbocycles. The maximum absolute atomic E-state index is 11.2. The number of hydrogen-bond donors (Lipinski definition) is 4. The normalized spacial score (nSPS) is 11.9. The van der Waals surface area contributed by atoms with Crippen LogP contribution >= 0.6 is 0 Å². The number of amides is 2. The minimum Gasteiger partial charge on any atom is -0.480 e. The molecule has 1 heterocycles. The Morgan fingerprint density at radius 1 is 1.59 bits per heavy atom. The second-order valence-electron chi connectivity index (χ2n) is 3.27. The third-order valence-corrected chi connectivity index (χ3v) is 1.86. The topological polar surface area (TPSA) is 125 Å². The molecule has 4 N–H and O–H groups in total. The molecule has 94 valence electrons. The van der Waals surface area contributed by atoms with Gasteiger partial charge in [0.25, 0.3) is 0 Å². The van der Waals surface area contributed by atoms with Crippen molar-refractivity contribution in [2.75, 3.05) is 6.61 Å². The van der Waals surface area contributed by atoms with Gasteiger partial charge in [0, 0.05) is 0 Å². The number of rotatable bonds is 5. The zero-order valence-corrected chi connectivity index (χ0v) is 9.14. The van der Waals surface area contributed by atoms with Crippen LogP contribution in [0.3, 0.4) is 0 Å². The average Bonchev–Trinajstić information content (AvgIpc) is 2.68. The van der Waals surface area contributed by atoms with Gasteiger partial charge in [-0.2, -0.15) is 0 Å². The molecule has 1 aromatic rings. The molecule has 8 heteroatoms. The van der Waals surface area contributed by atoms with E-state index in [0.717, 1.165) is 0 Å². The van der Waals surface area contributed by atoms with Gasteiger partial charge in [-0.1, -0.05) is 0 Å². The molecule has 8 nitrogen and oxygen atoms in total. The molecule has 0 saturated heterocycles. The van der Waals surface area contributed by atoms with Crippen molar-refractivity contribution in [3.63, 3.8) is 0 Å². The lowest BCUT2D eigenvalue weighted by molar-refractivity contribution is -0.140. The Labute approximate surface area is 96.6 Å². The van der Waals surface area contributed by atoms with Crippen LogP contribution in [0.15, 0.2) is 10.6 Å². The van der Waals surface area contributed by atoms with Crippen molar-refractivity contribution >= 4 is 12.0 Å². The molecule has 0 aromatic carbocycles.